The van der Waals surface area contributed by atoms with Crippen LogP contribution in [0.2, 0.25) is 0 Å². The zero-order valence-electron chi connectivity index (χ0n) is 6.08. The minimum absolute atomic E-state index is 0.363. The molecule has 0 radical (unpaired) electrons. The van der Waals surface area contributed by atoms with Gasteiger partial charge in [-0.05, 0) is 6.42 Å². The van der Waals surface area contributed by atoms with Crippen LogP contribution in [-0.2, 0) is 4.79 Å². The van der Waals surface area contributed by atoms with Crippen LogP contribution in [0.1, 0.15) is 13.3 Å². The van der Waals surface area contributed by atoms with Gasteiger partial charge in [0.25, 0.3) is 0 Å². The molecule has 0 bridgehead atoms. The summed E-state index contributed by atoms with van der Waals surface area (Å²) in [7, 11) is 0. The Morgan fingerprint density at radius 2 is 2.40 bits per heavy atom. The number of carboxylic acids is 1. The van der Waals surface area contributed by atoms with Crippen molar-refractivity contribution >= 4 is 5.97 Å². The third-order valence-corrected chi connectivity index (χ3v) is 1.24. The van der Waals surface area contributed by atoms with Crippen LogP contribution in [0.5, 0.6) is 0 Å². The largest absolute Gasteiger partial charge is 0.481 e. The molecule has 10 heavy (non-hydrogen) atoms. The van der Waals surface area contributed by atoms with Crippen molar-refractivity contribution in [1.29, 1.82) is 0 Å². The zero-order chi connectivity index (χ0) is 7.98. The molecule has 0 spiro atoms. The molecule has 2 nitrogen and oxygen atoms in total. The fraction of sp³-hybridized carbons (Fsp3) is 0.375. The molecule has 2 heteroatoms. The zero-order valence-corrected chi connectivity index (χ0v) is 6.08. The number of carboxylic acid groups (broad SMARTS) is 1. The van der Waals surface area contributed by atoms with Gasteiger partial charge in [-0.3, -0.25) is 4.79 Å². The van der Waals surface area contributed by atoms with Crippen molar-refractivity contribution in [3.8, 4) is 0 Å². The number of allylic oxidation sites excluding steroid dienone is 2. The topological polar surface area (TPSA) is 37.3 Å². The first-order valence-electron chi connectivity index (χ1n) is 3.24. The highest BCUT2D eigenvalue weighted by molar-refractivity contribution is 5.72. The molecular formula is C8H12O2. The minimum atomic E-state index is -0.777. The van der Waals surface area contributed by atoms with Crippen molar-refractivity contribution in [1.82, 2.24) is 0 Å². The molecule has 0 saturated carbocycles. The van der Waals surface area contributed by atoms with E-state index in [0.29, 0.717) is 6.42 Å². The van der Waals surface area contributed by atoms with E-state index in [2.05, 4.69) is 6.58 Å². The summed E-state index contributed by atoms with van der Waals surface area (Å²) in [6.07, 6.45) is 5.49. The van der Waals surface area contributed by atoms with Gasteiger partial charge in [-0.1, -0.05) is 31.7 Å². The van der Waals surface area contributed by atoms with Gasteiger partial charge < -0.3 is 5.11 Å². The van der Waals surface area contributed by atoms with Crippen LogP contribution in [0.25, 0.3) is 0 Å². The predicted octanol–water partition coefficient (Wildman–Crippen LogP) is 1.84. The molecule has 0 amide bonds. The smallest absolute Gasteiger partial charge is 0.310 e. The van der Waals surface area contributed by atoms with E-state index in [1.165, 1.54) is 0 Å². The lowest BCUT2D eigenvalue weighted by molar-refractivity contribution is -0.140. The highest BCUT2D eigenvalue weighted by Crippen LogP contribution is 2.03. The quantitative estimate of drug-likeness (QED) is 0.605. The van der Waals surface area contributed by atoms with Crippen molar-refractivity contribution in [2.45, 2.75) is 13.3 Å². The Morgan fingerprint density at radius 3 is 2.70 bits per heavy atom. The third-order valence-electron chi connectivity index (χ3n) is 1.24. The highest BCUT2D eigenvalue weighted by atomic mass is 16.4. The van der Waals surface area contributed by atoms with E-state index >= 15 is 0 Å². The lowest BCUT2D eigenvalue weighted by atomic mass is 10.1. The molecule has 0 heterocycles. The van der Waals surface area contributed by atoms with Crippen LogP contribution >= 0.6 is 0 Å². The molecular weight excluding hydrogens is 128 g/mol. The van der Waals surface area contributed by atoms with Crippen molar-refractivity contribution < 1.29 is 9.90 Å². The summed E-state index contributed by atoms with van der Waals surface area (Å²) in [6.45, 7) is 5.29. The summed E-state index contributed by atoms with van der Waals surface area (Å²) in [5.74, 6) is -1.14. The first-order valence-corrected chi connectivity index (χ1v) is 3.24. The molecule has 0 aromatic rings. The van der Waals surface area contributed by atoms with Gasteiger partial charge in [-0.2, -0.15) is 0 Å². The van der Waals surface area contributed by atoms with E-state index in [9.17, 15) is 4.79 Å². The number of hydrogen-bond acceptors (Lipinski definition) is 1. The van der Waals surface area contributed by atoms with E-state index in [1.807, 2.05) is 6.92 Å². The second-order valence-corrected chi connectivity index (χ2v) is 1.97. The van der Waals surface area contributed by atoms with Gasteiger partial charge in [0.1, 0.15) is 0 Å². The van der Waals surface area contributed by atoms with Crippen molar-refractivity contribution in [3.63, 3.8) is 0 Å². The fourth-order valence-electron chi connectivity index (χ4n) is 0.606. The maximum absolute atomic E-state index is 10.4. The maximum Gasteiger partial charge on any atom is 0.310 e. The Bertz CT molecular complexity index is 147. The van der Waals surface area contributed by atoms with Crippen molar-refractivity contribution in [3.05, 3.63) is 24.8 Å². The predicted molar refractivity (Wildman–Crippen MR) is 40.8 cm³/mol. The SMILES string of the molecule is C=C/C=C/[C@H](CC)C(=O)O. The van der Waals surface area contributed by atoms with Gasteiger partial charge in [0.05, 0.1) is 5.92 Å². The monoisotopic (exact) mass is 140 g/mol. The normalized spacial score (nSPS) is 13.3. The van der Waals surface area contributed by atoms with Crippen LogP contribution in [0.4, 0.5) is 0 Å². The number of aliphatic carboxylic acids is 1. The van der Waals surface area contributed by atoms with Gasteiger partial charge in [-0.15, -0.1) is 0 Å². The number of carbonyl (C=O) groups is 1. The van der Waals surface area contributed by atoms with Crippen molar-refractivity contribution in [2.75, 3.05) is 0 Å². The van der Waals surface area contributed by atoms with Gasteiger partial charge in [0, 0.05) is 0 Å². The average Bonchev–Trinajstić information content (AvgIpc) is 1.89. The second kappa shape index (κ2) is 4.79. The molecule has 1 atom stereocenters. The second-order valence-electron chi connectivity index (χ2n) is 1.97. The average molecular weight is 140 g/mol. The lowest BCUT2D eigenvalue weighted by Gasteiger charge is -2.00. The summed E-state index contributed by atoms with van der Waals surface area (Å²) in [6, 6.07) is 0. The van der Waals surface area contributed by atoms with Crippen molar-refractivity contribution in [2.24, 2.45) is 5.92 Å². The number of hydrogen-bond donors (Lipinski definition) is 1. The molecule has 0 unspecified atom stereocenters. The van der Waals surface area contributed by atoms with Gasteiger partial charge in [0.2, 0.25) is 0 Å². The number of rotatable bonds is 4. The van der Waals surface area contributed by atoms with Crippen LogP contribution < -0.4 is 0 Å². The Kier molecular flexibility index (Phi) is 4.29. The minimum Gasteiger partial charge on any atom is -0.481 e. The van der Waals surface area contributed by atoms with Crippen LogP contribution in [0, 0.1) is 5.92 Å². The van der Waals surface area contributed by atoms with Gasteiger partial charge in [-0.25, -0.2) is 0 Å². The molecule has 0 saturated heterocycles. The van der Waals surface area contributed by atoms with E-state index in [4.69, 9.17) is 5.11 Å². The summed E-state index contributed by atoms with van der Waals surface area (Å²) in [5, 5.41) is 8.51. The molecule has 0 aliphatic carbocycles. The van der Waals surface area contributed by atoms with Crippen LogP contribution in [0.15, 0.2) is 24.8 Å². The molecule has 0 aliphatic rings. The summed E-state index contributed by atoms with van der Waals surface area (Å²) < 4.78 is 0. The van der Waals surface area contributed by atoms with E-state index in [1.54, 1.807) is 18.2 Å². The summed E-state index contributed by atoms with van der Waals surface area (Å²) >= 11 is 0. The Hall–Kier alpha value is -1.05. The third kappa shape index (κ3) is 3.07. The Morgan fingerprint density at radius 1 is 1.80 bits per heavy atom. The first-order chi connectivity index (χ1) is 4.72. The van der Waals surface area contributed by atoms with E-state index in [0.717, 1.165) is 0 Å². The first kappa shape index (κ1) is 8.95. The Balaban J connectivity index is 3.94. The van der Waals surface area contributed by atoms with Gasteiger partial charge in [0.15, 0.2) is 0 Å². The van der Waals surface area contributed by atoms with Crippen LogP contribution in [-0.4, -0.2) is 11.1 Å². The maximum atomic E-state index is 10.4. The standard InChI is InChI=1S/C8H12O2/c1-3-5-6-7(4-2)8(9)10/h3,5-7H,1,4H2,2H3,(H,9,10)/b6-5+/t7-/m0/s1. The molecule has 0 rings (SSSR count). The summed E-state index contributed by atoms with van der Waals surface area (Å²) in [4.78, 5) is 10.4. The van der Waals surface area contributed by atoms with Gasteiger partial charge >= 0.3 is 5.97 Å². The highest BCUT2D eigenvalue weighted by Gasteiger charge is 2.08. The molecule has 0 aromatic carbocycles. The molecule has 0 aliphatic heterocycles. The van der Waals surface area contributed by atoms with Crippen LogP contribution in [0.3, 0.4) is 0 Å². The summed E-state index contributed by atoms with van der Waals surface area (Å²) in [5.41, 5.74) is 0. The fourth-order valence-corrected chi connectivity index (χ4v) is 0.606. The molecule has 56 valence electrons. The Labute approximate surface area is 60.9 Å². The van der Waals surface area contributed by atoms with E-state index in [-0.39, 0.29) is 5.92 Å². The molecule has 0 fully saturated rings. The molecule has 0 aromatic heterocycles. The molecule has 1 N–H and O–H groups in total. The lowest BCUT2D eigenvalue weighted by Crippen LogP contribution is -2.08. The van der Waals surface area contributed by atoms with E-state index < -0.39 is 5.97 Å².